The summed E-state index contributed by atoms with van der Waals surface area (Å²) in [6.07, 6.45) is 7.23. The molecule has 4 aromatic rings. The number of benzene rings is 3. The van der Waals surface area contributed by atoms with Gasteiger partial charge in [0, 0.05) is 34.8 Å². The molecule has 0 spiro atoms. The molecule has 1 aromatic heterocycles. The standard InChI is InChI=1S/C29H28N2O4S/c1-34-22-10-12-23(13-11-22)36(33)19-26-24-8-5-9-27(32)25(24)14-15-28(26)35-29(18-31-17-16-30-20-31)21-6-3-2-4-7-21/h2-4,6-7,10-17,20,29H,5,8-9,18-19H2,1H3/t29-,36?/m1/s1. The van der Waals surface area contributed by atoms with Crippen LogP contribution in [-0.4, -0.2) is 26.7 Å². The van der Waals surface area contributed by atoms with Gasteiger partial charge in [0.05, 0.1) is 36.5 Å². The van der Waals surface area contributed by atoms with Gasteiger partial charge in [0.1, 0.15) is 17.6 Å². The molecule has 5 rings (SSSR count). The maximum absolute atomic E-state index is 13.5. The number of carbonyl (C=O) groups excluding carboxylic acids is 1. The smallest absolute Gasteiger partial charge is 0.163 e. The van der Waals surface area contributed by atoms with Crippen molar-refractivity contribution in [2.24, 2.45) is 0 Å². The second-order valence-electron chi connectivity index (χ2n) is 8.79. The van der Waals surface area contributed by atoms with Crippen molar-refractivity contribution in [3.63, 3.8) is 0 Å². The predicted octanol–water partition coefficient (Wildman–Crippen LogP) is 5.54. The van der Waals surface area contributed by atoms with Crippen molar-refractivity contribution >= 4 is 16.6 Å². The molecule has 0 saturated carbocycles. The van der Waals surface area contributed by atoms with E-state index in [1.807, 2.05) is 77.5 Å². The van der Waals surface area contributed by atoms with Crippen LogP contribution in [-0.2, 0) is 29.5 Å². The van der Waals surface area contributed by atoms with Gasteiger partial charge >= 0.3 is 0 Å². The van der Waals surface area contributed by atoms with Gasteiger partial charge in [0.25, 0.3) is 0 Å². The molecule has 1 aliphatic rings. The van der Waals surface area contributed by atoms with E-state index in [1.54, 1.807) is 19.6 Å². The second kappa shape index (κ2) is 10.9. The molecule has 2 atom stereocenters. The Labute approximate surface area is 213 Å². The van der Waals surface area contributed by atoms with Gasteiger partial charge < -0.3 is 14.0 Å². The Balaban J connectivity index is 1.52. The molecule has 1 heterocycles. The number of hydrogen-bond acceptors (Lipinski definition) is 5. The fourth-order valence-corrected chi connectivity index (χ4v) is 5.79. The zero-order chi connectivity index (χ0) is 24.9. The van der Waals surface area contributed by atoms with Crippen LogP contribution in [0.1, 0.15) is 46.0 Å². The molecule has 3 aromatic carbocycles. The van der Waals surface area contributed by atoms with Gasteiger partial charge in [-0.05, 0) is 60.4 Å². The summed E-state index contributed by atoms with van der Waals surface area (Å²) in [5.41, 5.74) is 3.56. The SMILES string of the molecule is COc1ccc(S(=O)Cc2c(O[C@H](Cn3ccnc3)c3ccccc3)ccc3c2CCCC3=O)cc1. The summed E-state index contributed by atoms with van der Waals surface area (Å²) in [6.45, 7) is 0.570. The van der Waals surface area contributed by atoms with Gasteiger partial charge in [-0.2, -0.15) is 0 Å². The Bertz CT molecular complexity index is 1350. The maximum atomic E-state index is 13.5. The monoisotopic (exact) mass is 500 g/mol. The number of aromatic nitrogens is 2. The number of fused-ring (bicyclic) bond motifs is 1. The van der Waals surface area contributed by atoms with E-state index in [1.165, 1.54) is 0 Å². The Kier molecular flexibility index (Phi) is 7.28. The van der Waals surface area contributed by atoms with Crippen molar-refractivity contribution in [3.8, 4) is 11.5 Å². The van der Waals surface area contributed by atoms with Gasteiger partial charge in [-0.1, -0.05) is 30.3 Å². The lowest BCUT2D eigenvalue weighted by Crippen LogP contribution is -2.18. The maximum Gasteiger partial charge on any atom is 0.163 e. The van der Waals surface area contributed by atoms with Crippen molar-refractivity contribution in [2.45, 2.75) is 42.6 Å². The highest BCUT2D eigenvalue weighted by atomic mass is 32.2. The number of nitrogens with zero attached hydrogens (tertiary/aromatic N) is 2. The van der Waals surface area contributed by atoms with E-state index in [4.69, 9.17) is 9.47 Å². The first-order chi connectivity index (χ1) is 17.6. The molecule has 0 N–H and O–H groups in total. The summed E-state index contributed by atoms with van der Waals surface area (Å²) in [4.78, 5) is 17.6. The average molecular weight is 501 g/mol. The van der Waals surface area contributed by atoms with Gasteiger partial charge in [0.15, 0.2) is 5.78 Å². The third-order valence-electron chi connectivity index (χ3n) is 6.49. The van der Waals surface area contributed by atoms with Crippen LogP contribution in [0.4, 0.5) is 0 Å². The lowest BCUT2D eigenvalue weighted by Gasteiger charge is -2.25. The Morgan fingerprint density at radius 2 is 1.83 bits per heavy atom. The molecule has 0 saturated heterocycles. The predicted molar refractivity (Wildman–Crippen MR) is 139 cm³/mol. The van der Waals surface area contributed by atoms with E-state index in [-0.39, 0.29) is 17.6 Å². The molecule has 184 valence electrons. The van der Waals surface area contributed by atoms with E-state index >= 15 is 0 Å². The number of methoxy groups -OCH3 is 1. The number of hydrogen-bond donors (Lipinski definition) is 0. The lowest BCUT2D eigenvalue weighted by atomic mass is 9.87. The third kappa shape index (κ3) is 5.26. The number of Topliss-reactive ketones (excluding diaryl/α,β-unsaturated/α-hetero) is 1. The normalized spacial score (nSPS) is 14.6. The minimum absolute atomic E-state index is 0.136. The molecule has 7 heteroatoms. The average Bonchev–Trinajstić information content (AvgIpc) is 3.43. The first kappa shape index (κ1) is 24.0. The van der Waals surface area contributed by atoms with E-state index in [0.29, 0.717) is 29.4 Å². The first-order valence-corrected chi connectivity index (χ1v) is 13.3. The van der Waals surface area contributed by atoms with E-state index in [2.05, 4.69) is 4.98 Å². The van der Waals surface area contributed by atoms with Crippen LogP contribution in [0.15, 0.2) is 90.3 Å². The second-order valence-corrected chi connectivity index (χ2v) is 10.2. The number of carbonyl (C=O) groups is 1. The molecule has 0 fully saturated rings. The van der Waals surface area contributed by atoms with Crippen LogP contribution in [0.2, 0.25) is 0 Å². The summed E-state index contributed by atoms with van der Waals surface area (Å²) in [5.74, 6) is 1.79. The fraction of sp³-hybridized carbons (Fsp3) is 0.241. The van der Waals surface area contributed by atoms with Crippen LogP contribution < -0.4 is 9.47 Å². The zero-order valence-corrected chi connectivity index (χ0v) is 20.9. The molecule has 0 aliphatic heterocycles. The minimum atomic E-state index is -1.32. The van der Waals surface area contributed by atoms with Crippen LogP contribution in [0.25, 0.3) is 0 Å². The Morgan fingerprint density at radius 3 is 2.56 bits per heavy atom. The molecule has 36 heavy (non-hydrogen) atoms. The van der Waals surface area contributed by atoms with E-state index in [0.717, 1.165) is 35.1 Å². The van der Waals surface area contributed by atoms with Gasteiger partial charge in [-0.3, -0.25) is 9.00 Å². The summed E-state index contributed by atoms with van der Waals surface area (Å²) in [7, 11) is 0.290. The van der Waals surface area contributed by atoms with Crippen molar-refractivity contribution in [1.82, 2.24) is 9.55 Å². The molecule has 0 radical (unpaired) electrons. The van der Waals surface area contributed by atoms with Crippen molar-refractivity contribution in [3.05, 3.63) is 108 Å². The number of rotatable bonds is 9. The Hall–Kier alpha value is -3.71. The Morgan fingerprint density at radius 1 is 1.03 bits per heavy atom. The first-order valence-electron chi connectivity index (χ1n) is 12.0. The molecule has 1 aliphatic carbocycles. The van der Waals surface area contributed by atoms with Gasteiger partial charge in [-0.25, -0.2) is 4.98 Å². The fourth-order valence-electron chi connectivity index (χ4n) is 4.61. The summed E-state index contributed by atoms with van der Waals surface area (Å²) in [6, 6.07) is 21.0. The quantitative estimate of drug-likeness (QED) is 0.302. The van der Waals surface area contributed by atoms with Crippen molar-refractivity contribution in [2.75, 3.05) is 7.11 Å². The summed E-state index contributed by atoms with van der Waals surface area (Å²) < 4.78 is 27.3. The molecule has 1 unspecified atom stereocenters. The number of ketones is 1. The molecule has 6 nitrogen and oxygen atoms in total. The van der Waals surface area contributed by atoms with Crippen LogP contribution in [0.3, 0.4) is 0 Å². The zero-order valence-electron chi connectivity index (χ0n) is 20.1. The van der Waals surface area contributed by atoms with Gasteiger partial charge in [0.2, 0.25) is 0 Å². The summed E-state index contributed by atoms with van der Waals surface area (Å²) in [5, 5.41) is 0. The van der Waals surface area contributed by atoms with Crippen LogP contribution in [0, 0.1) is 0 Å². The molecule has 0 bridgehead atoms. The highest BCUT2D eigenvalue weighted by Crippen LogP contribution is 2.36. The highest BCUT2D eigenvalue weighted by molar-refractivity contribution is 7.84. The van der Waals surface area contributed by atoms with Crippen LogP contribution in [0.5, 0.6) is 11.5 Å². The topological polar surface area (TPSA) is 70.4 Å². The highest BCUT2D eigenvalue weighted by Gasteiger charge is 2.26. The van der Waals surface area contributed by atoms with E-state index < -0.39 is 10.8 Å². The van der Waals surface area contributed by atoms with Crippen molar-refractivity contribution in [1.29, 1.82) is 0 Å². The molecule has 0 amide bonds. The third-order valence-corrected chi connectivity index (χ3v) is 7.84. The largest absolute Gasteiger partial charge is 0.497 e. The minimum Gasteiger partial charge on any atom is -0.497 e. The van der Waals surface area contributed by atoms with Crippen LogP contribution >= 0.6 is 0 Å². The number of imidazole rings is 1. The number of ether oxygens (including phenoxy) is 2. The summed E-state index contributed by atoms with van der Waals surface area (Å²) >= 11 is 0. The molecular weight excluding hydrogens is 472 g/mol. The lowest BCUT2D eigenvalue weighted by molar-refractivity contribution is 0.0972. The van der Waals surface area contributed by atoms with E-state index in [9.17, 15) is 9.00 Å². The van der Waals surface area contributed by atoms with Crippen molar-refractivity contribution < 1.29 is 18.5 Å². The van der Waals surface area contributed by atoms with Gasteiger partial charge in [-0.15, -0.1) is 0 Å². The molecular formula is C29H28N2O4S.